The number of carbonyl (C=O) groups excluding carboxylic acids is 1. The number of rotatable bonds is 7. The smallest absolute Gasteiger partial charge is 0.407 e. The number of hydrogen-bond acceptors (Lipinski definition) is 7. The van der Waals surface area contributed by atoms with E-state index in [1.165, 1.54) is 4.90 Å². The molecule has 0 spiro atoms. The topological polar surface area (TPSA) is 144 Å². The molecule has 1 fully saturated rings. The van der Waals surface area contributed by atoms with Crippen molar-refractivity contribution in [1.82, 2.24) is 30.2 Å². The van der Waals surface area contributed by atoms with Gasteiger partial charge < -0.3 is 25.2 Å². The Morgan fingerprint density at radius 2 is 1.92 bits per heavy atom. The summed E-state index contributed by atoms with van der Waals surface area (Å²) in [5, 5.41) is 12.1. The molecule has 0 bridgehead atoms. The van der Waals surface area contributed by atoms with Gasteiger partial charge in [0.2, 0.25) is 0 Å². The Morgan fingerprint density at radius 3 is 2.62 bits per heavy atom. The van der Waals surface area contributed by atoms with Crippen molar-refractivity contribution in [2.75, 3.05) is 31.1 Å². The highest BCUT2D eigenvalue weighted by Crippen LogP contribution is 2.27. The minimum absolute atomic E-state index is 0.128. The molecule has 0 unspecified atom stereocenters. The predicted molar refractivity (Wildman–Crippen MR) is 146 cm³/mol. The van der Waals surface area contributed by atoms with Crippen molar-refractivity contribution in [3.8, 4) is 11.4 Å². The zero-order valence-corrected chi connectivity index (χ0v) is 22.3. The number of anilines is 1. The fraction of sp³-hybridized carbons (Fsp3) is 0.429. The Bertz CT molecular complexity index is 1440. The molecule has 3 aromatic heterocycles. The molecular weight excluding hydrogens is 498 g/mol. The van der Waals surface area contributed by atoms with E-state index in [0.29, 0.717) is 48.8 Å². The van der Waals surface area contributed by atoms with E-state index in [0.717, 1.165) is 60.4 Å². The third-order valence-electron chi connectivity index (χ3n) is 7.34. The Morgan fingerprint density at radius 1 is 1.13 bits per heavy atom. The van der Waals surface area contributed by atoms with Gasteiger partial charge in [0.1, 0.15) is 11.5 Å². The summed E-state index contributed by atoms with van der Waals surface area (Å²) in [4.78, 5) is 57.4. The highest BCUT2D eigenvalue weighted by atomic mass is 16.4. The second-order valence-electron chi connectivity index (χ2n) is 10.1. The Hall–Kier alpha value is -4.28. The van der Waals surface area contributed by atoms with Crippen LogP contribution in [0.25, 0.3) is 11.4 Å². The molecule has 39 heavy (non-hydrogen) atoms. The monoisotopic (exact) mass is 531 g/mol. The number of fused-ring (bicyclic) bond motifs is 1. The van der Waals surface area contributed by atoms with E-state index in [9.17, 15) is 14.4 Å². The van der Waals surface area contributed by atoms with Crippen LogP contribution in [0.2, 0.25) is 0 Å². The molecule has 11 nitrogen and oxygen atoms in total. The first-order valence-electron chi connectivity index (χ1n) is 13.4. The van der Waals surface area contributed by atoms with Crippen molar-refractivity contribution in [2.24, 2.45) is 0 Å². The van der Waals surface area contributed by atoms with E-state index < -0.39 is 6.09 Å². The van der Waals surface area contributed by atoms with Gasteiger partial charge in [0.05, 0.1) is 0 Å². The number of nitrogens with one attached hydrogen (secondary N) is 2. The second kappa shape index (κ2) is 11.2. The predicted octanol–water partition coefficient (Wildman–Crippen LogP) is 2.71. The Labute approximate surface area is 226 Å². The number of carboxylic acid groups (broad SMARTS) is 1. The van der Waals surface area contributed by atoms with Gasteiger partial charge in [-0.2, -0.15) is 0 Å². The molecule has 1 aliphatic heterocycles. The van der Waals surface area contributed by atoms with Crippen LogP contribution in [0.15, 0.2) is 29.2 Å². The summed E-state index contributed by atoms with van der Waals surface area (Å²) in [7, 11) is 0. The van der Waals surface area contributed by atoms with Crippen LogP contribution in [0.5, 0.6) is 0 Å². The van der Waals surface area contributed by atoms with Crippen LogP contribution in [0.3, 0.4) is 0 Å². The standard InChI is InChI=1S/C28H33N7O4/c1-3-5-18-14-17(2)31-26(36)21(18)16-30-27(37)24-20-6-4-7-22(20)32-25(33-24)19-8-9-23(29-15-19)34-10-12-35(13-11-34)28(38)39/h8-9,14-15H,3-7,10-13,16H2,1-2H3,(H,30,37)(H,31,36)(H,38,39). The van der Waals surface area contributed by atoms with Gasteiger partial charge in [0.15, 0.2) is 5.82 Å². The van der Waals surface area contributed by atoms with Crippen LogP contribution < -0.4 is 15.8 Å². The van der Waals surface area contributed by atoms with Crippen molar-refractivity contribution in [3.63, 3.8) is 0 Å². The number of carbonyl (C=O) groups is 2. The second-order valence-corrected chi connectivity index (χ2v) is 10.1. The molecule has 3 aromatic rings. The summed E-state index contributed by atoms with van der Waals surface area (Å²) in [5.41, 5.74) is 4.94. The number of amides is 2. The van der Waals surface area contributed by atoms with Crippen molar-refractivity contribution in [3.05, 3.63) is 68.5 Å². The number of aromatic nitrogens is 4. The maximum absolute atomic E-state index is 13.4. The van der Waals surface area contributed by atoms with Crippen molar-refractivity contribution >= 4 is 17.8 Å². The average molecular weight is 532 g/mol. The molecule has 1 aliphatic carbocycles. The van der Waals surface area contributed by atoms with Gasteiger partial charge in [-0.25, -0.2) is 19.7 Å². The number of nitrogens with zero attached hydrogens (tertiary/aromatic N) is 5. The number of pyridine rings is 2. The molecule has 11 heteroatoms. The van der Waals surface area contributed by atoms with E-state index in [2.05, 4.69) is 27.2 Å². The van der Waals surface area contributed by atoms with E-state index in [-0.39, 0.29) is 18.0 Å². The SMILES string of the molecule is CCCc1cc(C)[nH]c(=O)c1CNC(=O)c1nc(-c2ccc(N3CCN(C(=O)O)CC3)nc2)nc2c1CCC2. The lowest BCUT2D eigenvalue weighted by molar-refractivity contribution is 0.0944. The largest absolute Gasteiger partial charge is 0.465 e. The molecule has 204 valence electrons. The van der Waals surface area contributed by atoms with Crippen LogP contribution in [-0.4, -0.2) is 68.1 Å². The van der Waals surface area contributed by atoms with Gasteiger partial charge >= 0.3 is 6.09 Å². The summed E-state index contributed by atoms with van der Waals surface area (Å²) in [6.45, 7) is 6.05. The van der Waals surface area contributed by atoms with Crippen LogP contribution >= 0.6 is 0 Å². The molecular formula is C28H33N7O4. The highest BCUT2D eigenvalue weighted by molar-refractivity contribution is 5.94. The van der Waals surface area contributed by atoms with E-state index in [1.54, 1.807) is 6.20 Å². The van der Waals surface area contributed by atoms with Crippen LogP contribution in [0.1, 0.15) is 58.3 Å². The molecule has 5 rings (SSSR count). The summed E-state index contributed by atoms with van der Waals surface area (Å²) in [6.07, 6.45) is 4.89. The third kappa shape index (κ3) is 5.62. The third-order valence-corrected chi connectivity index (χ3v) is 7.34. The number of piperazine rings is 1. The van der Waals surface area contributed by atoms with Crippen LogP contribution in [0.4, 0.5) is 10.6 Å². The maximum Gasteiger partial charge on any atom is 0.407 e. The summed E-state index contributed by atoms with van der Waals surface area (Å²) >= 11 is 0. The van der Waals surface area contributed by atoms with Crippen LogP contribution in [-0.2, 0) is 25.8 Å². The van der Waals surface area contributed by atoms with Gasteiger partial charge in [-0.15, -0.1) is 0 Å². The molecule has 3 N–H and O–H groups in total. The van der Waals surface area contributed by atoms with Gasteiger partial charge in [0.25, 0.3) is 11.5 Å². The average Bonchev–Trinajstić information content (AvgIpc) is 3.41. The normalized spacial score (nSPS) is 14.8. The number of H-pyrrole nitrogens is 1. The van der Waals surface area contributed by atoms with Gasteiger partial charge in [-0.1, -0.05) is 13.3 Å². The first kappa shape index (κ1) is 26.3. The first-order valence-corrected chi connectivity index (χ1v) is 13.4. The van der Waals surface area contributed by atoms with E-state index >= 15 is 0 Å². The lowest BCUT2D eigenvalue weighted by Gasteiger charge is -2.33. The molecule has 2 amide bonds. The molecule has 1 saturated heterocycles. The molecule has 2 aliphatic rings. The fourth-order valence-electron chi connectivity index (χ4n) is 5.31. The number of aromatic amines is 1. The van der Waals surface area contributed by atoms with Gasteiger partial charge in [-0.05, 0) is 56.4 Å². The van der Waals surface area contributed by atoms with Crippen LogP contribution in [0, 0.1) is 6.92 Å². The van der Waals surface area contributed by atoms with Crippen molar-refractivity contribution in [2.45, 2.75) is 52.5 Å². The first-order chi connectivity index (χ1) is 18.8. The molecule has 0 radical (unpaired) electrons. The zero-order valence-electron chi connectivity index (χ0n) is 22.3. The summed E-state index contributed by atoms with van der Waals surface area (Å²) in [6, 6.07) is 5.73. The summed E-state index contributed by atoms with van der Waals surface area (Å²) in [5.74, 6) is 0.879. The quantitative estimate of drug-likeness (QED) is 0.422. The minimum atomic E-state index is -0.904. The van der Waals surface area contributed by atoms with E-state index in [1.807, 2.05) is 30.0 Å². The van der Waals surface area contributed by atoms with E-state index in [4.69, 9.17) is 10.1 Å². The van der Waals surface area contributed by atoms with Gasteiger partial charge in [-0.3, -0.25) is 9.59 Å². The highest BCUT2D eigenvalue weighted by Gasteiger charge is 2.25. The lowest BCUT2D eigenvalue weighted by Crippen LogP contribution is -2.48. The van der Waals surface area contributed by atoms with Gasteiger partial charge in [0, 0.05) is 67.0 Å². The van der Waals surface area contributed by atoms with Crippen molar-refractivity contribution < 1.29 is 14.7 Å². The number of aryl methyl sites for hydroxylation is 3. The molecule has 4 heterocycles. The summed E-state index contributed by atoms with van der Waals surface area (Å²) < 4.78 is 0. The van der Waals surface area contributed by atoms with Crippen molar-refractivity contribution in [1.29, 1.82) is 0 Å². The molecule has 0 atom stereocenters. The number of hydrogen-bond donors (Lipinski definition) is 3. The fourth-order valence-corrected chi connectivity index (χ4v) is 5.31. The molecule has 0 aromatic carbocycles. The maximum atomic E-state index is 13.4. The zero-order chi connectivity index (χ0) is 27.5. The Balaban J connectivity index is 1.35. The lowest BCUT2D eigenvalue weighted by atomic mass is 10.0. The Kier molecular flexibility index (Phi) is 7.58. The minimum Gasteiger partial charge on any atom is -0.465 e. The molecule has 0 saturated carbocycles.